The third kappa shape index (κ3) is 3.71. The molecule has 6 nitrogen and oxygen atoms in total. The predicted octanol–water partition coefficient (Wildman–Crippen LogP) is 2.94. The van der Waals surface area contributed by atoms with E-state index in [4.69, 9.17) is 14.2 Å². The van der Waals surface area contributed by atoms with Crippen LogP contribution >= 0.6 is 0 Å². The Labute approximate surface area is 140 Å². The van der Waals surface area contributed by atoms with E-state index < -0.39 is 0 Å². The summed E-state index contributed by atoms with van der Waals surface area (Å²) in [6, 6.07) is 7.57. The number of Topliss-reactive ketones (excluding diaryl/α,β-unsaturated/α-hetero) is 1. The van der Waals surface area contributed by atoms with Gasteiger partial charge < -0.3 is 24.4 Å². The highest BCUT2D eigenvalue weighted by atomic mass is 16.5. The minimum absolute atomic E-state index is 0.0160. The zero-order chi connectivity index (χ0) is 17.7. The molecule has 0 amide bonds. The Bertz CT molecular complexity index is 739. The second-order valence-electron chi connectivity index (χ2n) is 5.14. The first kappa shape index (κ1) is 17.5. The Morgan fingerprint density at radius 2 is 1.62 bits per heavy atom. The Morgan fingerprint density at radius 3 is 2.25 bits per heavy atom. The van der Waals surface area contributed by atoms with Gasteiger partial charge in [0.1, 0.15) is 17.2 Å². The fourth-order valence-corrected chi connectivity index (χ4v) is 2.39. The van der Waals surface area contributed by atoms with Gasteiger partial charge in [-0.3, -0.25) is 4.79 Å². The standard InChI is InChI=1S/C18H20O6/c1-22-12-9-16(21)13(17(10-12)23-2)5-7-14(19)11-4-6-15(20)18(8-11)24-3/h4,6,8-10,20-21H,5,7H2,1-3H3. The van der Waals surface area contributed by atoms with Crippen molar-refractivity contribution in [3.63, 3.8) is 0 Å². The summed E-state index contributed by atoms with van der Waals surface area (Å²) in [4.78, 5) is 12.3. The van der Waals surface area contributed by atoms with Crippen LogP contribution in [-0.2, 0) is 6.42 Å². The fraction of sp³-hybridized carbons (Fsp3) is 0.278. The number of phenols is 2. The van der Waals surface area contributed by atoms with Crippen molar-refractivity contribution in [1.29, 1.82) is 0 Å². The molecule has 24 heavy (non-hydrogen) atoms. The quantitative estimate of drug-likeness (QED) is 0.758. The summed E-state index contributed by atoms with van der Waals surface area (Å²) >= 11 is 0. The van der Waals surface area contributed by atoms with Crippen molar-refractivity contribution in [2.75, 3.05) is 21.3 Å². The van der Waals surface area contributed by atoms with Crippen LogP contribution in [0.25, 0.3) is 0 Å². The average molecular weight is 332 g/mol. The number of hydrogen-bond acceptors (Lipinski definition) is 6. The molecule has 2 rings (SSSR count). The summed E-state index contributed by atoms with van der Waals surface area (Å²) in [5.74, 6) is 1.03. The van der Waals surface area contributed by atoms with Gasteiger partial charge in [0.05, 0.1) is 21.3 Å². The minimum atomic E-state index is -0.134. The number of rotatable bonds is 7. The van der Waals surface area contributed by atoms with Gasteiger partial charge in [0, 0.05) is 29.7 Å². The van der Waals surface area contributed by atoms with Gasteiger partial charge in [-0.25, -0.2) is 0 Å². The molecule has 0 saturated carbocycles. The molecule has 2 N–H and O–H groups in total. The van der Waals surface area contributed by atoms with Crippen LogP contribution in [0.2, 0.25) is 0 Å². The van der Waals surface area contributed by atoms with E-state index in [9.17, 15) is 15.0 Å². The molecular weight excluding hydrogens is 312 g/mol. The fourth-order valence-electron chi connectivity index (χ4n) is 2.39. The van der Waals surface area contributed by atoms with Crippen LogP contribution in [0.4, 0.5) is 0 Å². The number of aromatic hydroxyl groups is 2. The number of methoxy groups -OCH3 is 3. The highest BCUT2D eigenvalue weighted by molar-refractivity contribution is 5.96. The largest absolute Gasteiger partial charge is 0.507 e. The second-order valence-corrected chi connectivity index (χ2v) is 5.14. The van der Waals surface area contributed by atoms with Gasteiger partial charge in [-0.05, 0) is 24.6 Å². The molecule has 0 spiro atoms. The van der Waals surface area contributed by atoms with Gasteiger partial charge in [0.15, 0.2) is 17.3 Å². The van der Waals surface area contributed by atoms with Crippen LogP contribution in [0, 0.1) is 0 Å². The van der Waals surface area contributed by atoms with Crippen LogP contribution in [0.3, 0.4) is 0 Å². The lowest BCUT2D eigenvalue weighted by Crippen LogP contribution is -2.03. The summed E-state index contributed by atoms with van der Waals surface area (Å²) in [5, 5.41) is 19.7. The highest BCUT2D eigenvalue weighted by Gasteiger charge is 2.15. The van der Waals surface area contributed by atoms with Gasteiger partial charge in [0.2, 0.25) is 0 Å². The van der Waals surface area contributed by atoms with Gasteiger partial charge in [-0.1, -0.05) is 0 Å². The number of carbonyl (C=O) groups is 1. The van der Waals surface area contributed by atoms with Crippen LogP contribution in [-0.4, -0.2) is 37.3 Å². The van der Waals surface area contributed by atoms with Crippen molar-refractivity contribution in [2.24, 2.45) is 0 Å². The zero-order valence-corrected chi connectivity index (χ0v) is 13.8. The third-order valence-corrected chi connectivity index (χ3v) is 3.72. The van der Waals surface area contributed by atoms with Gasteiger partial charge in [0.25, 0.3) is 0 Å². The minimum Gasteiger partial charge on any atom is -0.507 e. The van der Waals surface area contributed by atoms with E-state index >= 15 is 0 Å². The molecule has 128 valence electrons. The molecule has 0 heterocycles. The normalized spacial score (nSPS) is 10.3. The van der Waals surface area contributed by atoms with E-state index in [2.05, 4.69) is 0 Å². The van der Waals surface area contributed by atoms with E-state index in [1.165, 1.54) is 45.6 Å². The number of ketones is 1. The van der Waals surface area contributed by atoms with Gasteiger partial charge in [-0.15, -0.1) is 0 Å². The summed E-state index contributed by atoms with van der Waals surface area (Å²) < 4.78 is 15.3. The van der Waals surface area contributed by atoms with Crippen LogP contribution in [0.15, 0.2) is 30.3 Å². The monoisotopic (exact) mass is 332 g/mol. The molecule has 0 aromatic heterocycles. The molecule has 0 aliphatic carbocycles. The molecule has 6 heteroatoms. The molecule has 0 bridgehead atoms. The van der Waals surface area contributed by atoms with Crippen molar-refractivity contribution in [1.82, 2.24) is 0 Å². The second kappa shape index (κ2) is 7.59. The maximum Gasteiger partial charge on any atom is 0.163 e. The first-order chi connectivity index (χ1) is 11.5. The first-order valence-corrected chi connectivity index (χ1v) is 7.34. The summed E-state index contributed by atoms with van der Waals surface area (Å²) in [5.41, 5.74) is 0.967. The molecular formula is C18H20O6. The summed E-state index contributed by atoms with van der Waals surface area (Å²) in [6.45, 7) is 0. The molecule has 0 aliphatic rings. The van der Waals surface area contributed by atoms with Crippen LogP contribution < -0.4 is 14.2 Å². The lowest BCUT2D eigenvalue weighted by atomic mass is 10.0. The molecule has 2 aromatic rings. The van der Waals surface area contributed by atoms with Gasteiger partial charge >= 0.3 is 0 Å². The average Bonchev–Trinajstić information content (AvgIpc) is 2.60. The van der Waals surface area contributed by atoms with Crippen molar-refractivity contribution in [3.8, 4) is 28.7 Å². The predicted molar refractivity (Wildman–Crippen MR) is 88.5 cm³/mol. The SMILES string of the molecule is COc1cc(O)c(CCC(=O)c2ccc(O)c(OC)c2)c(OC)c1. The Hall–Kier alpha value is -2.89. The number of benzene rings is 2. The topological polar surface area (TPSA) is 85.2 Å². The number of ether oxygens (including phenoxy) is 3. The van der Waals surface area contributed by atoms with Crippen molar-refractivity contribution in [2.45, 2.75) is 12.8 Å². The molecule has 0 atom stereocenters. The van der Waals surface area contributed by atoms with Crippen molar-refractivity contribution >= 4 is 5.78 Å². The summed E-state index contributed by atoms with van der Waals surface area (Å²) in [6.07, 6.45) is 0.477. The lowest BCUT2D eigenvalue weighted by Gasteiger charge is -2.12. The van der Waals surface area contributed by atoms with E-state index in [1.54, 1.807) is 6.07 Å². The Kier molecular flexibility index (Phi) is 5.52. The maximum absolute atomic E-state index is 12.3. The number of carbonyl (C=O) groups excluding carboxylic acids is 1. The zero-order valence-electron chi connectivity index (χ0n) is 13.8. The molecule has 0 saturated heterocycles. The molecule has 2 aromatic carbocycles. The molecule has 0 radical (unpaired) electrons. The van der Waals surface area contributed by atoms with E-state index in [0.717, 1.165) is 0 Å². The molecule has 0 fully saturated rings. The maximum atomic E-state index is 12.3. The third-order valence-electron chi connectivity index (χ3n) is 3.72. The van der Waals surface area contributed by atoms with Crippen molar-refractivity contribution in [3.05, 3.63) is 41.5 Å². The summed E-state index contributed by atoms with van der Waals surface area (Å²) in [7, 11) is 4.41. The number of hydrogen-bond donors (Lipinski definition) is 2. The lowest BCUT2D eigenvalue weighted by molar-refractivity contribution is 0.0982. The molecule has 0 aliphatic heterocycles. The van der Waals surface area contributed by atoms with Crippen LogP contribution in [0.5, 0.6) is 28.7 Å². The van der Waals surface area contributed by atoms with E-state index in [0.29, 0.717) is 29.0 Å². The van der Waals surface area contributed by atoms with Gasteiger partial charge in [-0.2, -0.15) is 0 Å². The first-order valence-electron chi connectivity index (χ1n) is 7.34. The smallest absolute Gasteiger partial charge is 0.163 e. The van der Waals surface area contributed by atoms with E-state index in [1.807, 2.05) is 0 Å². The number of phenolic OH excluding ortho intramolecular Hbond substituents is 2. The van der Waals surface area contributed by atoms with E-state index in [-0.39, 0.29) is 29.5 Å². The van der Waals surface area contributed by atoms with Crippen molar-refractivity contribution < 1.29 is 29.2 Å². The van der Waals surface area contributed by atoms with Crippen LogP contribution in [0.1, 0.15) is 22.3 Å². The highest BCUT2D eigenvalue weighted by Crippen LogP contribution is 2.34. The molecule has 0 unspecified atom stereocenters. The Morgan fingerprint density at radius 1 is 0.917 bits per heavy atom. The Balaban J connectivity index is 2.17.